The minimum absolute atomic E-state index is 0.124. The summed E-state index contributed by atoms with van der Waals surface area (Å²) in [5.41, 5.74) is 0. The van der Waals surface area contributed by atoms with E-state index in [0.717, 1.165) is 43.9 Å². The molecule has 2 aromatic rings. The van der Waals surface area contributed by atoms with Gasteiger partial charge in [-0.15, -0.1) is 0 Å². The summed E-state index contributed by atoms with van der Waals surface area (Å²) >= 11 is 0. The van der Waals surface area contributed by atoms with Gasteiger partial charge in [0.25, 0.3) is 0 Å². The number of aromatic nitrogens is 2. The van der Waals surface area contributed by atoms with E-state index in [1.54, 1.807) is 18.6 Å². The van der Waals surface area contributed by atoms with E-state index >= 15 is 0 Å². The van der Waals surface area contributed by atoms with Crippen molar-refractivity contribution in [3.8, 4) is 0 Å². The van der Waals surface area contributed by atoms with Crippen molar-refractivity contribution in [1.82, 2.24) is 14.7 Å². The number of hydrogen-bond acceptors (Lipinski definition) is 5. The van der Waals surface area contributed by atoms with Crippen LogP contribution in [0.2, 0.25) is 0 Å². The van der Waals surface area contributed by atoms with Crippen LogP contribution >= 0.6 is 0 Å². The van der Waals surface area contributed by atoms with Gasteiger partial charge in [0.05, 0.1) is 6.20 Å². The lowest BCUT2D eigenvalue weighted by atomic mass is 9.97. The molecule has 2 heterocycles. The average Bonchev–Trinajstić information content (AvgIpc) is 2.63. The Hall–Kier alpha value is -2.13. The molecule has 3 rings (SSSR count). The highest BCUT2D eigenvalue weighted by Gasteiger charge is 2.24. The van der Waals surface area contributed by atoms with Gasteiger partial charge in [-0.1, -0.05) is 0 Å². The van der Waals surface area contributed by atoms with Crippen molar-refractivity contribution in [2.24, 2.45) is 5.92 Å². The second-order valence-corrected chi connectivity index (χ2v) is 7.66. The fourth-order valence-electron chi connectivity index (χ4n) is 2.81. The van der Waals surface area contributed by atoms with Crippen LogP contribution in [0.3, 0.4) is 0 Å². The van der Waals surface area contributed by atoms with Crippen LogP contribution in [-0.4, -0.2) is 38.0 Å². The van der Waals surface area contributed by atoms with Crippen molar-refractivity contribution in [1.29, 1.82) is 0 Å². The van der Waals surface area contributed by atoms with Gasteiger partial charge >= 0.3 is 0 Å². The van der Waals surface area contributed by atoms with Gasteiger partial charge in [0.1, 0.15) is 22.3 Å². The van der Waals surface area contributed by atoms with Gasteiger partial charge in [0, 0.05) is 32.0 Å². The number of piperidine rings is 1. The van der Waals surface area contributed by atoms with Crippen LogP contribution in [0.15, 0.2) is 41.7 Å². The molecule has 0 bridgehead atoms. The van der Waals surface area contributed by atoms with Crippen LogP contribution in [-0.2, 0) is 10.0 Å². The van der Waals surface area contributed by atoms with E-state index in [1.165, 1.54) is 0 Å². The summed E-state index contributed by atoms with van der Waals surface area (Å²) < 4.78 is 53.6. The summed E-state index contributed by atoms with van der Waals surface area (Å²) in [5, 5.41) is 0. The van der Waals surface area contributed by atoms with E-state index in [2.05, 4.69) is 19.6 Å². The molecule has 1 fully saturated rings. The predicted molar refractivity (Wildman–Crippen MR) is 88.5 cm³/mol. The largest absolute Gasteiger partial charge is 0.355 e. The molecule has 0 aliphatic carbocycles. The van der Waals surface area contributed by atoms with Crippen molar-refractivity contribution in [3.05, 3.63) is 48.4 Å². The molecule has 1 aromatic heterocycles. The van der Waals surface area contributed by atoms with E-state index in [0.29, 0.717) is 6.07 Å². The summed E-state index contributed by atoms with van der Waals surface area (Å²) in [4.78, 5) is 9.70. The molecule has 1 aromatic carbocycles. The summed E-state index contributed by atoms with van der Waals surface area (Å²) in [6, 6.07) is 2.38. The summed E-state index contributed by atoms with van der Waals surface area (Å²) in [6.07, 6.45) is 6.46. The van der Waals surface area contributed by atoms with E-state index < -0.39 is 26.6 Å². The second kappa shape index (κ2) is 7.40. The number of nitrogens with one attached hydrogen (secondary N) is 1. The molecule has 0 spiro atoms. The lowest BCUT2D eigenvalue weighted by Gasteiger charge is -2.32. The standard InChI is InChI=1S/C16H18F2N4O2S/c17-13-1-2-14(18)15(9-13)25(23,24)21-10-12-3-7-22(8-4-12)16-11-19-5-6-20-16/h1-2,5-6,9,11-12,21H,3-4,7-8,10H2. The first-order valence-corrected chi connectivity index (χ1v) is 9.40. The highest BCUT2D eigenvalue weighted by Crippen LogP contribution is 2.22. The molecule has 0 amide bonds. The van der Waals surface area contributed by atoms with Crippen molar-refractivity contribution >= 4 is 15.8 Å². The van der Waals surface area contributed by atoms with Crippen molar-refractivity contribution < 1.29 is 17.2 Å². The lowest BCUT2D eigenvalue weighted by Crippen LogP contribution is -2.39. The molecule has 0 radical (unpaired) electrons. The third-order valence-corrected chi connectivity index (χ3v) is 5.67. The Labute approximate surface area is 145 Å². The van der Waals surface area contributed by atoms with Crippen molar-refractivity contribution in [2.45, 2.75) is 17.7 Å². The fraction of sp³-hybridized carbons (Fsp3) is 0.375. The topological polar surface area (TPSA) is 75.2 Å². The molecule has 6 nitrogen and oxygen atoms in total. The Bertz CT molecular complexity index is 825. The third-order valence-electron chi connectivity index (χ3n) is 4.23. The Morgan fingerprint density at radius 1 is 1.20 bits per heavy atom. The van der Waals surface area contributed by atoms with Gasteiger partial charge in [-0.2, -0.15) is 0 Å². The fourth-order valence-corrected chi connectivity index (χ4v) is 4.01. The Morgan fingerprint density at radius 3 is 2.64 bits per heavy atom. The quantitative estimate of drug-likeness (QED) is 0.873. The number of halogens is 2. The molecular weight excluding hydrogens is 350 g/mol. The van der Waals surface area contributed by atoms with Crippen molar-refractivity contribution in [2.75, 3.05) is 24.5 Å². The van der Waals surface area contributed by atoms with Crippen LogP contribution < -0.4 is 9.62 Å². The minimum Gasteiger partial charge on any atom is -0.355 e. The van der Waals surface area contributed by atoms with E-state index in [-0.39, 0.29) is 12.5 Å². The number of nitrogens with zero attached hydrogens (tertiary/aromatic N) is 3. The summed E-state index contributed by atoms with van der Waals surface area (Å²) in [7, 11) is -4.08. The molecule has 1 saturated heterocycles. The second-order valence-electron chi connectivity index (χ2n) is 5.92. The Kier molecular flexibility index (Phi) is 5.24. The number of benzene rings is 1. The first-order valence-electron chi connectivity index (χ1n) is 7.91. The maximum absolute atomic E-state index is 13.7. The lowest BCUT2D eigenvalue weighted by molar-refractivity contribution is 0.400. The molecule has 1 aliphatic rings. The third kappa shape index (κ3) is 4.29. The van der Waals surface area contributed by atoms with Crippen LogP contribution in [0, 0.1) is 17.6 Å². The Morgan fingerprint density at radius 2 is 1.96 bits per heavy atom. The van der Waals surface area contributed by atoms with Crippen molar-refractivity contribution in [3.63, 3.8) is 0 Å². The zero-order valence-corrected chi connectivity index (χ0v) is 14.2. The number of hydrogen-bond donors (Lipinski definition) is 1. The predicted octanol–water partition coefficient (Wildman–Crippen LogP) is 1.95. The SMILES string of the molecule is O=S(=O)(NCC1CCN(c2cnccn2)CC1)c1cc(F)ccc1F. The smallest absolute Gasteiger partial charge is 0.243 e. The Balaban J connectivity index is 1.57. The van der Waals surface area contributed by atoms with Gasteiger partial charge < -0.3 is 4.90 Å². The molecule has 9 heteroatoms. The summed E-state index contributed by atoms with van der Waals surface area (Å²) in [5.74, 6) is -0.840. The van der Waals surface area contributed by atoms with Crippen LogP contribution in [0.5, 0.6) is 0 Å². The van der Waals surface area contributed by atoms with E-state index in [4.69, 9.17) is 0 Å². The first-order chi connectivity index (χ1) is 12.0. The molecule has 0 unspecified atom stereocenters. The van der Waals surface area contributed by atoms with E-state index in [1.807, 2.05) is 0 Å². The zero-order chi connectivity index (χ0) is 17.9. The van der Waals surface area contributed by atoms with E-state index in [9.17, 15) is 17.2 Å². The van der Waals surface area contributed by atoms with Gasteiger partial charge in [0.2, 0.25) is 10.0 Å². The summed E-state index contributed by atoms with van der Waals surface area (Å²) in [6.45, 7) is 1.66. The average molecular weight is 368 g/mol. The maximum Gasteiger partial charge on any atom is 0.243 e. The maximum atomic E-state index is 13.7. The molecule has 1 N–H and O–H groups in total. The monoisotopic (exact) mass is 368 g/mol. The normalized spacial score (nSPS) is 16.2. The number of anilines is 1. The highest BCUT2D eigenvalue weighted by atomic mass is 32.2. The molecule has 1 aliphatic heterocycles. The molecule has 134 valence electrons. The number of sulfonamides is 1. The van der Waals surface area contributed by atoms with Gasteiger partial charge in [-0.3, -0.25) is 4.98 Å². The molecule has 0 saturated carbocycles. The van der Waals surface area contributed by atoms with Gasteiger partial charge in [0.15, 0.2) is 0 Å². The molecule has 0 atom stereocenters. The van der Waals surface area contributed by atoms with Gasteiger partial charge in [-0.25, -0.2) is 26.9 Å². The molecular formula is C16H18F2N4O2S. The van der Waals surface area contributed by atoms with Crippen LogP contribution in [0.1, 0.15) is 12.8 Å². The van der Waals surface area contributed by atoms with Crippen LogP contribution in [0.25, 0.3) is 0 Å². The first kappa shape index (κ1) is 17.7. The van der Waals surface area contributed by atoms with Gasteiger partial charge in [-0.05, 0) is 37.0 Å². The highest BCUT2D eigenvalue weighted by molar-refractivity contribution is 7.89. The minimum atomic E-state index is -4.08. The molecule has 25 heavy (non-hydrogen) atoms. The number of rotatable bonds is 5. The van der Waals surface area contributed by atoms with Crippen LogP contribution in [0.4, 0.5) is 14.6 Å². The zero-order valence-electron chi connectivity index (χ0n) is 13.4.